The number of halogens is 2. The summed E-state index contributed by atoms with van der Waals surface area (Å²) in [4.78, 5) is 17.1. The van der Waals surface area contributed by atoms with Gasteiger partial charge in [0.25, 0.3) is 0 Å². The Morgan fingerprint density at radius 1 is 1.53 bits per heavy atom. The van der Waals surface area contributed by atoms with E-state index in [2.05, 4.69) is 15.6 Å². The van der Waals surface area contributed by atoms with Crippen molar-refractivity contribution in [2.75, 3.05) is 13.1 Å². The van der Waals surface area contributed by atoms with Gasteiger partial charge in [0.15, 0.2) is 0 Å². The predicted molar refractivity (Wildman–Crippen MR) is 83.5 cm³/mol. The first-order chi connectivity index (χ1) is 8.15. The van der Waals surface area contributed by atoms with Gasteiger partial charge in [-0.1, -0.05) is 0 Å². The van der Waals surface area contributed by atoms with Crippen LogP contribution in [0.4, 0.5) is 0 Å². The number of hydrogen-bond donors (Lipinski definition) is 2. The fraction of sp³-hybridized carbons (Fsp3) is 0.667. The highest BCUT2D eigenvalue weighted by Crippen LogP contribution is 2.27. The van der Waals surface area contributed by atoms with Gasteiger partial charge in [-0.25, -0.2) is 4.98 Å². The van der Waals surface area contributed by atoms with Crippen LogP contribution in [0.3, 0.4) is 0 Å². The van der Waals surface area contributed by atoms with Crippen LogP contribution in [0.5, 0.6) is 0 Å². The van der Waals surface area contributed by atoms with Gasteiger partial charge in [-0.05, 0) is 39.2 Å². The van der Waals surface area contributed by atoms with E-state index in [9.17, 15) is 4.79 Å². The molecule has 0 aromatic carbocycles. The summed E-state index contributed by atoms with van der Waals surface area (Å²) in [7, 11) is 0. The molecule has 110 valence electrons. The lowest BCUT2D eigenvalue weighted by Gasteiger charge is -2.11. The fourth-order valence-corrected chi connectivity index (χ4v) is 2.41. The van der Waals surface area contributed by atoms with Crippen molar-refractivity contribution in [3.63, 3.8) is 0 Å². The van der Waals surface area contributed by atoms with Crippen LogP contribution in [0.15, 0.2) is 6.20 Å². The van der Waals surface area contributed by atoms with E-state index in [4.69, 9.17) is 0 Å². The zero-order valence-corrected chi connectivity index (χ0v) is 13.6. The number of nitrogens with one attached hydrogen (secondary N) is 2. The lowest BCUT2D eigenvalue weighted by molar-refractivity contribution is -0.120. The van der Waals surface area contributed by atoms with Gasteiger partial charge in [-0.2, -0.15) is 0 Å². The van der Waals surface area contributed by atoms with Crippen LogP contribution in [-0.4, -0.2) is 24.0 Å². The van der Waals surface area contributed by atoms with Gasteiger partial charge in [-0.3, -0.25) is 4.79 Å². The molecule has 0 bridgehead atoms. The summed E-state index contributed by atoms with van der Waals surface area (Å²) in [5, 5.41) is 7.10. The van der Waals surface area contributed by atoms with Gasteiger partial charge in [0, 0.05) is 11.1 Å². The topological polar surface area (TPSA) is 54.0 Å². The van der Waals surface area contributed by atoms with Crippen LogP contribution in [0.1, 0.15) is 35.7 Å². The van der Waals surface area contributed by atoms with E-state index in [1.54, 1.807) is 11.3 Å². The normalized spacial score (nSPS) is 15.1. The highest BCUT2D eigenvalue weighted by atomic mass is 35.5. The summed E-state index contributed by atoms with van der Waals surface area (Å²) in [5.41, 5.74) is 0. The lowest BCUT2D eigenvalue weighted by atomic mass is 10.3. The van der Waals surface area contributed by atoms with Crippen LogP contribution >= 0.6 is 36.2 Å². The molecule has 1 aliphatic rings. The van der Waals surface area contributed by atoms with Crippen molar-refractivity contribution in [2.45, 2.75) is 32.7 Å². The molecule has 1 aromatic rings. The Morgan fingerprint density at radius 2 is 2.21 bits per heavy atom. The van der Waals surface area contributed by atoms with Crippen LogP contribution in [0, 0.1) is 12.8 Å². The Bertz CT molecular complexity index is 396. The molecule has 19 heavy (non-hydrogen) atoms. The van der Waals surface area contributed by atoms with Gasteiger partial charge in [-0.15, -0.1) is 36.2 Å². The molecule has 0 aliphatic heterocycles. The lowest BCUT2D eigenvalue weighted by Crippen LogP contribution is -2.36. The number of carbonyl (C=O) groups is 1. The Hall–Kier alpha value is -0.360. The number of hydrogen-bond acceptors (Lipinski definition) is 4. The third kappa shape index (κ3) is 6.56. The third-order valence-corrected chi connectivity index (χ3v) is 3.90. The van der Waals surface area contributed by atoms with E-state index in [0.29, 0.717) is 6.54 Å². The van der Waals surface area contributed by atoms with Gasteiger partial charge in [0.2, 0.25) is 5.91 Å². The summed E-state index contributed by atoms with van der Waals surface area (Å²) in [6.07, 6.45) is 4.46. The van der Waals surface area contributed by atoms with E-state index in [0.717, 1.165) is 17.5 Å². The molecule has 1 unspecified atom stereocenters. The molecule has 1 saturated carbocycles. The van der Waals surface area contributed by atoms with Gasteiger partial charge in [0.05, 0.1) is 12.6 Å². The molecule has 1 aliphatic carbocycles. The molecule has 1 amide bonds. The molecular weight excluding hydrogens is 305 g/mol. The van der Waals surface area contributed by atoms with Crippen molar-refractivity contribution in [1.29, 1.82) is 0 Å². The summed E-state index contributed by atoms with van der Waals surface area (Å²) in [6, 6.07) is 0.00363. The first-order valence-electron chi connectivity index (χ1n) is 6.07. The van der Waals surface area contributed by atoms with Gasteiger partial charge in [0.1, 0.15) is 5.01 Å². The average Bonchev–Trinajstić information content (AvgIpc) is 2.99. The van der Waals surface area contributed by atoms with E-state index < -0.39 is 0 Å². The van der Waals surface area contributed by atoms with Crippen LogP contribution in [0.25, 0.3) is 0 Å². The molecule has 1 fully saturated rings. The minimum absolute atomic E-state index is 0. The van der Waals surface area contributed by atoms with Crippen LogP contribution in [0.2, 0.25) is 0 Å². The number of amides is 1. The van der Waals surface area contributed by atoms with Crippen molar-refractivity contribution in [3.05, 3.63) is 16.1 Å². The molecule has 2 N–H and O–H groups in total. The Balaban J connectivity index is 0.00000162. The van der Waals surface area contributed by atoms with Gasteiger partial charge >= 0.3 is 0 Å². The number of thiazole rings is 1. The Labute approximate surface area is 130 Å². The molecule has 1 atom stereocenters. The third-order valence-electron chi connectivity index (χ3n) is 2.80. The van der Waals surface area contributed by atoms with Crippen molar-refractivity contribution < 1.29 is 4.79 Å². The number of carbonyl (C=O) groups excluding carboxylic acids is 1. The number of aromatic nitrogens is 1. The van der Waals surface area contributed by atoms with E-state index in [-0.39, 0.29) is 36.8 Å². The van der Waals surface area contributed by atoms with Crippen molar-refractivity contribution in [3.8, 4) is 0 Å². The van der Waals surface area contributed by atoms with Crippen LogP contribution in [-0.2, 0) is 4.79 Å². The molecule has 7 heteroatoms. The number of rotatable bonds is 6. The Kier molecular flexibility index (Phi) is 8.57. The second kappa shape index (κ2) is 8.74. The van der Waals surface area contributed by atoms with E-state index in [1.807, 2.05) is 20.0 Å². The van der Waals surface area contributed by atoms with E-state index in [1.165, 1.54) is 17.7 Å². The SMILES string of the molecule is Cc1cnc(C(C)NC(=O)CNCC2CC2)s1.Cl.Cl. The van der Waals surface area contributed by atoms with Crippen LogP contribution < -0.4 is 10.6 Å². The summed E-state index contributed by atoms with van der Waals surface area (Å²) < 4.78 is 0. The van der Waals surface area contributed by atoms with Crippen molar-refractivity contribution >= 4 is 42.1 Å². The molecule has 1 aromatic heterocycles. The van der Waals surface area contributed by atoms with Gasteiger partial charge < -0.3 is 10.6 Å². The maximum absolute atomic E-state index is 11.6. The molecule has 0 saturated heterocycles. The number of aryl methyl sites for hydroxylation is 1. The zero-order chi connectivity index (χ0) is 12.3. The summed E-state index contributed by atoms with van der Waals surface area (Å²) >= 11 is 1.63. The smallest absolute Gasteiger partial charge is 0.234 e. The first kappa shape index (κ1) is 18.6. The highest BCUT2D eigenvalue weighted by Gasteiger charge is 2.20. The maximum atomic E-state index is 11.6. The largest absolute Gasteiger partial charge is 0.346 e. The maximum Gasteiger partial charge on any atom is 0.234 e. The second-order valence-electron chi connectivity index (χ2n) is 4.67. The monoisotopic (exact) mass is 325 g/mol. The molecule has 0 radical (unpaired) electrons. The standard InChI is InChI=1S/C12H19N3OS.2ClH/c1-8-5-14-12(17-8)9(2)15-11(16)7-13-6-10-3-4-10;;/h5,9-10,13H,3-4,6-7H2,1-2H3,(H,15,16);2*1H. The molecule has 0 spiro atoms. The van der Waals surface area contributed by atoms with Crippen molar-refractivity contribution in [1.82, 2.24) is 15.6 Å². The van der Waals surface area contributed by atoms with E-state index >= 15 is 0 Å². The molecular formula is C12H21Cl2N3OS. The zero-order valence-electron chi connectivity index (χ0n) is 11.1. The summed E-state index contributed by atoms with van der Waals surface area (Å²) in [5.74, 6) is 0.854. The quantitative estimate of drug-likeness (QED) is 0.844. The highest BCUT2D eigenvalue weighted by molar-refractivity contribution is 7.11. The Morgan fingerprint density at radius 3 is 2.74 bits per heavy atom. The molecule has 1 heterocycles. The van der Waals surface area contributed by atoms with Crippen molar-refractivity contribution in [2.24, 2.45) is 5.92 Å². The summed E-state index contributed by atoms with van der Waals surface area (Å²) in [6.45, 7) is 5.37. The minimum atomic E-state index is 0. The molecule has 2 rings (SSSR count). The predicted octanol–water partition coefficient (Wildman–Crippen LogP) is 2.47. The molecule has 4 nitrogen and oxygen atoms in total. The second-order valence-corrected chi connectivity index (χ2v) is 5.94. The first-order valence-corrected chi connectivity index (χ1v) is 6.89. The minimum Gasteiger partial charge on any atom is -0.346 e. The number of nitrogens with zero attached hydrogens (tertiary/aromatic N) is 1. The average molecular weight is 326 g/mol. The fourth-order valence-electron chi connectivity index (χ4n) is 1.64.